The highest BCUT2D eigenvalue weighted by molar-refractivity contribution is 5.69. The van der Waals surface area contributed by atoms with Crippen LogP contribution in [-0.2, 0) is 11.3 Å². The SMILES string of the molecule is CC(C)(C)OC(=O)N1CC2C(C)(C)C3CN(Cc4ccccc4)CC32C1. The Morgan fingerprint density at radius 3 is 2.42 bits per heavy atom. The molecule has 3 aliphatic rings. The van der Waals surface area contributed by atoms with E-state index in [9.17, 15) is 4.79 Å². The van der Waals surface area contributed by atoms with Crippen LogP contribution in [0.1, 0.15) is 40.2 Å². The number of amides is 1. The van der Waals surface area contributed by atoms with E-state index in [1.165, 1.54) is 5.56 Å². The Balaban J connectivity index is 1.50. The van der Waals surface area contributed by atoms with E-state index in [0.29, 0.717) is 17.3 Å². The summed E-state index contributed by atoms with van der Waals surface area (Å²) >= 11 is 0. The standard InChI is InChI=1S/C22H32N2O2/c1-20(2,3)26-19(25)24-13-18-21(4,5)17-12-23(14-22(17,18)15-24)11-16-9-7-6-8-10-16/h6-10,17-18H,11-15H2,1-5H3. The molecule has 0 bridgehead atoms. The molecule has 1 spiro atoms. The molecule has 1 amide bonds. The van der Waals surface area contributed by atoms with Gasteiger partial charge in [-0.2, -0.15) is 0 Å². The van der Waals surface area contributed by atoms with Gasteiger partial charge in [-0.05, 0) is 43.6 Å². The maximum absolute atomic E-state index is 12.6. The van der Waals surface area contributed by atoms with Crippen molar-refractivity contribution in [3.8, 4) is 0 Å². The third-order valence-electron chi connectivity index (χ3n) is 6.93. The Bertz CT molecular complexity index is 694. The van der Waals surface area contributed by atoms with Gasteiger partial charge in [-0.25, -0.2) is 4.79 Å². The summed E-state index contributed by atoms with van der Waals surface area (Å²) in [5.74, 6) is 1.24. The molecule has 3 unspecified atom stereocenters. The van der Waals surface area contributed by atoms with Crippen molar-refractivity contribution in [3.63, 3.8) is 0 Å². The maximum Gasteiger partial charge on any atom is 0.410 e. The van der Waals surface area contributed by atoms with Gasteiger partial charge in [-0.1, -0.05) is 44.2 Å². The lowest BCUT2D eigenvalue weighted by Crippen LogP contribution is -2.61. The van der Waals surface area contributed by atoms with Crippen LogP contribution in [0, 0.1) is 22.7 Å². The minimum Gasteiger partial charge on any atom is -0.444 e. The van der Waals surface area contributed by atoms with Crippen molar-refractivity contribution in [3.05, 3.63) is 35.9 Å². The van der Waals surface area contributed by atoms with Crippen LogP contribution in [-0.4, -0.2) is 47.7 Å². The predicted octanol–water partition coefficient (Wildman–Crippen LogP) is 4.01. The molecule has 0 radical (unpaired) electrons. The summed E-state index contributed by atoms with van der Waals surface area (Å²) in [5, 5.41) is 0. The van der Waals surface area contributed by atoms with Crippen LogP contribution in [0.25, 0.3) is 0 Å². The molecule has 1 aromatic rings. The van der Waals surface area contributed by atoms with Crippen molar-refractivity contribution in [1.29, 1.82) is 0 Å². The van der Waals surface area contributed by atoms with Gasteiger partial charge in [0.1, 0.15) is 5.60 Å². The van der Waals surface area contributed by atoms with Crippen LogP contribution < -0.4 is 0 Å². The summed E-state index contributed by atoms with van der Waals surface area (Å²) in [4.78, 5) is 17.2. The summed E-state index contributed by atoms with van der Waals surface area (Å²) < 4.78 is 5.66. The molecule has 3 fully saturated rings. The Morgan fingerprint density at radius 2 is 1.77 bits per heavy atom. The number of carbonyl (C=O) groups is 1. The van der Waals surface area contributed by atoms with Gasteiger partial charge < -0.3 is 9.64 Å². The first-order valence-corrected chi connectivity index (χ1v) is 9.86. The van der Waals surface area contributed by atoms with E-state index >= 15 is 0 Å². The lowest BCUT2D eigenvalue weighted by Gasteiger charge is -2.60. The molecule has 26 heavy (non-hydrogen) atoms. The third kappa shape index (κ3) is 2.74. The van der Waals surface area contributed by atoms with Crippen molar-refractivity contribution >= 4 is 6.09 Å². The van der Waals surface area contributed by atoms with Gasteiger partial charge in [-0.3, -0.25) is 4.90 Å². The summed E-state index contributed by atoms with van der Waals surface area (Å²) in [6.07, 6.45) is -0.141. The summed E-state index contributed by atoms with van der Waals surface area (Å²) in [5.41, 5.74) is 1.50. The highest BCUT2D eigenvalue weighted by atomic mass is 16.6. The number of ether oxygens (including phenoxy) is 1. The molecule has 4 heteroatoms. The van der Waals surface area contributed by atoms with Crippen LogP contribution >= 0.6 is 0 Å². The number of rotatable bonds is 2. The first kappa shape index (κ1) is 17.8. The Labute approximate surface area is 157 Å². The molecule has 1 saturated carbocycles. The van der Waals surface area contributed by atoms with Crippen LogP contribution in [0.15, 0.2) is 30.3 Å². The van der Waals surface area contributed by atoms with E-state index in [0.717, 1.165) is 32.7 Å². The van der Waals surface area contributed by atoms with Crippen LogP contribution in [0.4, 0.5) is 4.79 Å². The average molecular weight is 357 g/mol. The van der Waals surface area contributed by atoms with Crippen molar-refractivity contribution < 1.29 is 9.53 Å². The fourth-order valence-electron chi connectivity index (χ4n) is 6.00. The Kier molecular flexibility index (Phi) is 3.93. The maximum atomic E-state index is 12.6. The summed E-state index contributed by atoms with van der Waals surface area (Å²) in [6, 6.07) is 10.7. The number of hydrogen-bond donors (Lipinski definition) is 0. The van der Waals surface area contributed by atoms with Gasteiger partial charge in [0.2, 0.25) is 0 Å². The van der Waals surface area contributed by atoms with E-state index in [2.05, 4.69) is 49.1 Å². The number of likely N-dealkylation sites (tertiary alicyclic amines) is 2. The fourth-order valence-corrected chi connectivity index (χ4v) is 6.00. The van der Waals surface area contributed by atoms with Crippen molar-refractivity contribution in [2.75, 3.05) is 26.2 Å². The molecule has 1 aromatic carbocycles. The smallest absolute Gasteiger partial charge is 0.410 e. The molecule has 1 aliphatic carbocycles. The molecule has 0 N–H and O–H groups in total. The Morgan fingerprint density at radius 1 is 1.12 bits per heavy atom. The second kappa shape index (κ2) is 5.72. The van der Waals surface area contributed by atoms with E-state index in [-0.39, 0.29) is 11.5 Å². The average Bonchev–Trinajstić information content (AvgIpc) is 3.06. The van der Waals surface area contributed by atoms with E-state index in [4.69, 9.17) is 4.74 Å². The number of carbonyl (C=O) groups excluding carboxylic acids is 1. The molecule has 2 saturated heterocycles. The van der Waals surface area contributed by atoms with Crippen LogP contribution in [0.2, 0.25) is 0 Å². The van der Waals surface area contributed by atoms with Crippen LogP contribution in [0.5, 0.6) is 0 Å². The molecule has 0 aromatic heterocycles. The molecule has 2 heterocycles. The second-order valence-electron chi connectivity index (χ2n) is 10.2. The third-order valence-corrected chi connectivity index (χ3v) is 6.93. The van der Waals surface area contributed by atoms with Crippen LogP contribution in [0.3, 0.4) is 0 Å². The zero-order chi connectivity index (χ0) is 18.7. The normalized spacial score (nSPS) is 32.7. The van der Waals surface area contributed by atoms with Crippen molar-refractivity contribution in [2.45, 2.75) is 46.8 Å². The molecule has 142 valence electrons. The topological polar surface area (TPSA) is 32.8 Å². The first-order valence-electron chi connectivity index (χ1n) is 9.86. The predicted molar refractivity (Wildman–Crippen MR) is 103 cm³/mol. The molecule has 3 atom stereocenters. The van der Waals surface area contributed by atoms with Gasteiger partial charge in [-0.15, -0.1) is 0 Å². The Hall–Kier alpha value is -1.55. The second-order valence-corrected chi connectivity index (χ2v) is 10.2. The minimum atomic E-state index is -0.430. The zero-order valence-corrected chi connectivity index (χ0v) is 16.8. The molecule has 4 rings (SSSR count). The van der Waals surface area contributed by atoms with Gasteiger partial charge in [0.05, 0.1) is 0 Å². The monoisotopic (exact) mass is 356 g/mol. The largest absolute Gasteiger partial charge is 0.444 e. The van der Waals surface area contributed by atoms with E-state index < -0.39 is 5.60 Å². The minimum absolute atomic E-state index is 0.141. The molecule has 4 nitrogen and oxygen atoms in total. The highest BCUT2D eigenvalue weighted by Gasteiger charge is 2.72. The quantitative estimate of drug-likeness (QED) is 0.803. The molecular formula is C22H32N2O2. The zero-order valence-electron chi connectivity index (χ0n) is 16.8. The number of hydrogen-bond acceptors (Lipinski definition) is 3. The van der Waals surface area contributed by atoms with Gasteiger partial charge in [0.15, 0.2) is 0 Å². The molecule has 2 aliphatic heterocycles. The van der Waals surface area contributed by atoms with Crippen molar-refractivity contribution in [1.82, 2.24) is 9.80 Å². The summed E-state index contributed by atoms with van der Waals surface area (Å²) in [7, 11) is 0. The molecular weight excluding hydrogens is 324 g/mol. The number of benzene rings is 1. The summed E-state index contributed by atoms with van der Waals surface area (Å²) in [6.45, 7) is 15.6. The van der Waals surface area contributed by atoms with Gasteiger partial charge >= 0.3 is 6.09 Å². The van der Waals surface area contributed by atoms with E-state index in [1.54, 1.807) is 0 Å². The number of nitrogens with zero attached hydrogens (tertiary/aromatic N) is 2. The van der Waals surface area contributed by atoms with Gasteiger partial charge in [0.25, 0.3) is 0 Å². The lowest BCUT2D eigenvalue weighted by atomic mass is 9.42. The van der Waals surface area contributed by atoms with Gasteiger partial charge in [0, 0.05) is 38.1 Å². The van der Waals surface area contributed by atoms with Crippen molar-refractivity contribution in [2.24, 2.45) is 22.7 Å². The highest BCUT2D eigenvalue weighted by Crippen LogP contribution is 2.69. The first-order chi connectivity index (χ1) is 12.1. The lowest BCUT2D eigenvalue weighted by molar-refractivity contribution is -0.115. The fraction of sp³-hybridized carbons (Fsp3) is 0.682. The van der Waals surface area contributed by atoms with E-state index in [1.807, 2.05) is 25.7 Å².